The first kappa shape index (κ1) is 23.4. The smallest absolute Gasteiger partial charge is 0.335 e. The van der Waals surface area contributed by atoms with Gasteiger partial charge in [0.2, 0.25) is 5.88 Å². The molecule has 0 aliphatic carbocycles. The molecule has 0 amide bonds. The van der Waals surface area contributed by atoms with Gasteiger partial charge in [-0.25, -0.2) is 24.1 Å². The van der Waals surface area contributed by atoms with Crippen molar-refractivity contribution in [3.05, 3.63) is 89.7 Å². The van der Waals surface area contributed by atoms with E-state index >= 15 is 0 Å². The minimum atomic E-state index is -0.826. The maximum atomic E-state index is 12.5. The topological polar surface area (TPSA) is 166 Å². The molecule has 0 aliphatic rings. The monoisotopic (exact) mass is 501 g/mol. The van der Waals surface area contributed by atoms with Crippen LogP contribution in [0, 0.1) is 0 Å². The minimum Gasteiger partial charge on any atom is -0.497 e. The van der Waals surface area contributed by atoms with Gasteiger partial charge in [0.25, 0.3) is 11.1 Å². The number of benzene rings is 2. The molecule has 3 heterocycles. The number of methoxy groups -OCH3 is 1. The zero-order valence-electron chi connectivity index (χ0n) is 19.8. The van der Waals surface area contributed by atoms with Crippen LogP contribution in [0.5, 0.6) is 11.6 Å². The fourth-order valence-corrected chi connectivity index (χ4v) is 3.82. The Balaban J connectivity index is 1.60. The van der Waals surface area contributed by atoms with Gasteiger partial charge in [0.15, 0.2) is 11.2 Å². The zero-order chi connectivity index (χ0) is 26.4. The Bertz CT molecular complexity index is 1980. The number of aromatic amines is 1. The Morgan fingerprint density at radius 1 is 0.973 bits per heavy atom. The number of aromatic nitrogens is 6. The van der Waals surface area contributed by atoms with Gasteiger partial charge in [-0.2, -0.15) is 0 Å². The average molecular weight is 501 g/mol. The number of fused-ring (bicyclic) bond motifs is 2. The van der Waals surface area contributed by atoms with E-state index in [0.29, 0.717) is 28.2 Å². The molecular formula is C24H19N7O6. The lowest BCUT2D eigenvalue weighted by molar-refractivity contribution is 0.414. The molecule has 0 spiro atoms. The van der Waals surface area contributed by atoms with Gasteiger partial charge in [0.05, 0.1) is 29.5 Å². The Morgan fingerprint density at radius 3 is 2.41 bits per heavy atom. The Kier molecular flexibility index (Phi) is 5.51. The van der Waals surface area contributed by atoms with Gasteiger partial charge in [-0.1, -0.05) is 0 Å². The van der Waals surface area contributed by atoms with Crippen molar-refractivity contribution in [2.24, 2.45) is 19.1 Å². The predicted octanol–water partition coefficient (Wildman–Crippen LogP) is 0.484. The van der Waals surface area contributed by atoms with E-state index in [4.69, 9.17) is 4.74 Å². The van der Waals surface area contributed by atoms with Gasteiger partial charge in [-0.15, -0.1) is 0 Å². The maximum Gasteiger partial charge on any atom is 0.335 e. The van der Waals surface area contributed by atoms with Crippen LogP contribution in [0.3, 0.4) is 0 Å². The predicted molar refractivity (Wildman–Crippen MR) is 136 cm³/mol. The summed E-state index contributed by atoms with van der Waals surface area (Å²) < 4.78 is 8.21. The van der Waals surface area contributed by atoms with Gasteiger partial charge in [0, 0.05) is 20.3 Å². The second kappa shape index (κ2) is 8.71. The third-order valence-corrected chi connectivity index (χ3v) is 5.82. The highest BCUT2D eigenvalue weighted by atomic mass is 16.5. The van der Waals surface area contributed by atoms with Gasteiger partial charge in [0.1, 0.15) is 11.3 Å². The first-order valence-electron chi connectivity index (χ1n) is 10.8. The summed E-state index contributed by atoms with van der Waals surface area (Å²) >= 11 is 0. The molecule has 5 aromatic rings. The van der Waals surface area contributed by atoms with E-state index in [1.165, 1.54) is 25.8 Å². The highest BCUT2D eigenvalue weighted by Crippen LogP contribution is 2.22. The number of H-pyrrole nitrogens is 1. The Morgan fingerprint density at radius 2 is 1.70 bits per heavy atom. The third-order valence-electron chi connectivity index (χ3n) is 5.82. The highest BCUT2D eigenvalue weighted by Gasteiger charge is 2.15. The van der Waals surface area contributed by atoms with Crippen LogP contribution in [0.2, 0.25) is 0 Å². The lowest BCUT2D eigenvalue weighted by Gasteiger charge is -2.10. The molecule has 0 fully saturated rings. The Hall–Kier alpha value is -5.33. The van der Waals surface area contributed by atoms with E-state index in [2.05, 4.69) is 19.9 Å². The van der Waals surface area contributed by atoms with Crippen LogP contribution < -0.4 is 27.2 Å². The summed E-state index contributed by atoms with van der Waals surface area (Å²) in [7, 11) is 4.35. The number of rotatable bonds is 4. The average Bonchev–Trinajstić information content (AvgIpc) is 2.89. The molecule has 186 valence electrons. The summed E-state index contributed by atoms with van der Waals surface area (Å²) in [5.41, 5.74) is -1.43. The van der Waals surface area contributed by atoms with Crippen molar-refractivity contribution >= 4 is 34.1 Å². The summed E-state index contributed by atoms with van der Waals surface area (Å²) in [6.45, 7) is 0. The second-order valence-electron chi connectivity index (χ2n) is 8.06. The summed E-state index contributed by atoms with van der Waals surface area (Å²) in [6, 6.07) is 11.0. The number of hydrogen-bond acceptors (Lipinski definition) is 9. The SMILES string of the molecule is COc1ccc(-n2c(O)c(C=Nc3ccc4nc5c(=O)n(C)c(=O)n(C)c5nc4c3)c(=O)[nH]c2=O)cc1. The summed E-state index contributed by atoms with van der Waals surface area (Å²) in [5.74, 6) is -0.0461. The second-order valence-corrected chi connectivity index (χ2v) is 8.06. The van der Waals surface area contributed by atoms with E-state index in [-0.39, 0.29) is 16.7 Å². The van der Waals surface area contributed by atoms with Crippen molar-refractivity contribution in [1.29, 1.82) is 0 Å². The number of aromatic hydroxyl groups is 1. The van der Waals surface area contributed by atoms with Crippen LogP contribution in [-0.2, 0) is 14.1 Å². The fraction of sp³-hybridized carbons (Fsp3) is 0.125. The number of aliphatic imine (C=N–C) groups is 1. The lowest BCUT2D eigenvalue weighted by Crippen LogP contribution is -2.37. The quantitative estimate of drug-likeness (QED) is 0.265. The number of nitrogens with zero attached hydrogens (tertiary/aromatic N) is 6. The molecule has 0 bridgehead atoms. The van der Waals surface area contributed by atoms with Crippen molar-refractivity contribution in [2.75, 3.05) is 7.11 Å². The zero-order valence-corrected chi connectivity index (χ0v) is 19.8. The molecule has 13 heteroatoms. The van der Waals surface area contributed by atoms with Crippen LogP contribution in [0.15, 0.2) is 66.6 Å². The first-order chi connectivity index (χ1) is 17.7. The van der Waals surface area contributed by atoms with Crippen LogP contribution in [0.4, 0.5) is 5.69 Å². The summed E-state index contributed by atoms with van der Waals surface area (Å²) in [4.78, 5) is 64.7. The van der Waals surface area contributed by atoms with Crippen molar-refractivity contribution in [1.82, 2.24) is 28.7 Å². The van der Waals surface area contributed by atoms with Gasteiger partial charge < -0.3 is 9.84 Å². The van der Waals surface area contributed by atoms with E-state index in [0.717, 1.165) is 15.3 Å². The highest BCUT2D eigenvalue weighted by molar-refractivity contribution is 5.88. The summed E-state index contributed by atoms with van der Waals surface area (Å²) in [5, 5.41) is 10.7. The molecular weight excluding hydrogens is 482 g/mol. The lowest BCUT2D eigenvalue weighted by atomic mass is 10.2. The van der Waals surface area contributed by atoms with E-state index in [1.54, 1.807) is 42.5 Å². The molecule has 2 aromatic carbocycles. The van der Waals surface area contributed by atoms with Gasteiger partial charge in [-0.05, 0) is 42.5 Å². The molecule has 2 N–H and O–H groups in total. The first-order valence-corrected chi connectivity index (χ1v) is 10.8. The molecule has 5 rings (SSSR count). The van der Waals surface area contributed by atoms with E-state index in [1.807, 2.05) is 0 Å². The molecule has 0 atom stereocenters. The summed E-state index contributed by atoms with van der Waals surface area (Å²) in [6.07, 6.45) is 1.12. The molecule has 13 nitrogen and oxygen atoms in total. The van der Waals surface area contributed by atoms with Crippen LogP contribution in [0.1, 0.15) is 5.56 Å². The molecule has 0 saturated heterocycles. The van der Waals surface area contributed by atoms with Crippen LogP contribution in [-0.4, -0.2) is 47.1 Å². The molecule has 3 aromatic heterocycles. The van der Waals surface area contributed by atoms with E-state index in [9.17, 15) is 24.3 Å². The fourth-order valence-electron chi connectivity index (χ4n) is 3.82. The van der Waals surface area contributed by atoms with Crippen LogP contribution >= 0.6 is 0 Å². The molecule has 0 saturated carbocycles. The van der Waals surface area contributed by atoms with Crippen molar-refractivity contribution < 1.29 is 9.84 Å². The van der Waals surface area contributed by atoms with Crippen LogP contribution in [0.25, 0.3) is 27.9 Å². The number of ether oxygens (including phenoxy) is 1. The van der Waals surface area contributed by atoms with Gasteiger partial charge >= 0.3 is 11.4 Å². The minimum absolute atomic E-state index is 0.0468. The number of aryl methyl sites for hydroxylation is 1. The largest absolute Gasteiger partial charge is 0.497 e. The molecule has 0 aliphatic heterocycles. The van der Waals surface area contributed by atoms with Gasteiger partial charge in [-0.3, -0.25) is 28.7 Å². The molecule has 0 unspecified atom stereocenters. The molecule has 37 heavy (non-hydrogen) atoms. The number of nitrogens with one attached hydrogen (secondary N) is 1. The van der Waals surface area contributed by atoms with Crippen molar-refractivity contribution in [2.45, 2.75) is 0 Å². The maximum absolute atomic E-state index is 12.5. The third kappa shape index (κ3) is 3.87. The van der Waals surface area contributed by atoms with E-state index < -0.39 is 28.4 Å². The standard InChI is InChI=1S/C24H19N7O6/c1-29-19-18(22(34)30(2)24(29)36)26-16-9-4-12(10-17(16)27-19)25-11-15-20(32)28-23(35)31(21(15)33)13-5-7-14(37-3)8-6-13/h4-11,33H,1-3H3,(H,28,32,35). The molecule has 0 radical (unpaired) electrons. The normalized spacial score (nSPS) is 11.5. The van der Waals surface area contributed by atoms with Crippen molar-refractivity contribution in [3.63, 3.8) is 0 Å². The Labute approximate surface area is 206 Å². The van der Waals surface area contributed by atoms with Crippen molar-refractivity contribution in [3.8, 4) is 17.3 Å². The number of hydrogen-bond donors (Lipinski definition) is 2.